The highest BCUT2D eigenvalue weighted by Gasteiger charge is 2.75. The zero-order valence-electron chi connectivity index (χ0n) is 29.7. The minimum absolute atomic E-state index is 0.123. The summed E-state index contributed by atoms with van der Waals surface area (Å²) in [6.45, 7) is 5.39. The summed E-state index contributed by atoms with van der Waals surface area (Å²) in [6.07, 6.45) is 4.45. The zero-order chi connectivity index (χ0) is 36.9. The van der Waals surface area contributed by atoms with E-state index in [2.05, 4.69) is 15.9 Å². The van der Waals surface area contributed by atoms with E-state index < -0.39 is 65.6 Å². The second kappa shape index (κ2) is 14.2. The normalized spacial score (nSPS) is 30.9. The number of nitrogens with zero attached hydrogens (tertiary/aromatic N) is 3. The number of carbonyl (C=O) groups is 4. The van der Waals surface area contributed by atoms with Crippen molar-refractivity contribution in [1.29, 1.82) is 0 Å². The molecule has 1 spiro atoms. The number of ether oxygens (including phenoxy) is 2. The molecule has 2 saturated heterocycles. The van der Waals surface area contributed by atoms with Crippen LogP contribution in [0.3, 0.4) is 0 Å². The molecular formula is C41H44BrN3O7. The maximum atomic E-state index is 15.3. The first-order valence-corrected chi connectivity index (χ1v) is 18.7. The van der Waals surface area contributed by atoms with Crippen molar-refractivity contribution >= 4 is 56.1 Å². The monoisotopic (exact) mass is 769 g/mol. The number of esters is 1. The van der Waals surface area contributed by atoms with E-state index in [0.29, 0.717) is 22.2 Å². The Morgan fingerprint density at radius 2 is 1.63 bits per heavy atom. The lowest BCUT2D eigenvalue weighted by Gasteiger charge is -2.40. The van der Waals surface area contributed by atoms with Gasteiger partial charge in [-0.2, -0.15) is 0 Å². The molecule has 10 nitrogen and oxygen atoms in total. The number of hydrogen-bond donors (Lipinski definition) is 1. The number of benzene rings is 3. The van der Waals surface area contributed by atoms with Crippen molar-refractivity contribution in [2.24, 2.45) is 17.8 Å². The predicted octanol–water partition coefficient (Wildman–Crippen LogP) is 5.54. The number of cyclic esters (lactones) is 1. The van der Waals surface area contributed by atoms with Crippen LogP contribution in [0.15, 0.2) is 95.5 Å². The summed E-state index contributed by atoms with van der Waals surface area (Å²) in [4.78, 5) is 63.0. The highest BCUT2D eigenvalue weighted by molar-refractivity contribution is 9.11. The number of aliphatic hydroxyl groups is 1. The van der Waals surface area contributed by atoms with Crippen LogP contribution < -0.4 is 4.90 Å². The average Bonchev–Trinajstić information content (AvgIpc) is 3.74. The molecule has 272 valence electrons. The minimum Gasteiger partial charge on any atom is -0.455 e. The lowest BCUT2D eigenvalue weighted by Crippen LogP contribution is -2.59. The molecule has 0 aromatic heterocycles. The number of rotatable bonds is 5. The van der Waals surface area contributed by atoms with Crippen LogP contribution in [0.1, 0.15) is 45.3 Å². The Balaban J connectivity index is 1.39. The Hall–Kier alpha value is -4.32. The lowest BCUT2D eigenvalue weighted by molar-refractivity contribution is -0.164. The first-order valence-electron chi connectivity index (χ1n) is 17.9. The molecule has 4 heterocycles. The Kier molecular flexibility index (Phi) is 9.88. The maximum absolute atomic E-state index is 15.3. The van der Waals surface area contributed by atoms with Gasteiger partial charge in [-0.3, -0.25) is 19.2 Å². The summed E-state index contributed by atoms with van der Waals surface area (Å²) in [5.74, 6) is -4.05. The van der Waals surface area contributed by atoms with Gasteiger partial charge >= 0.3 is 5.97 Å². The third-order valence-electron chi connectivity index (χ3n) is 11.3. The van der Waals surface area contributed by atoms with Gasteiger partial charge in [-0.1, -0.05) is 103 Å². The Bertz CT molecular complexity index is 1950. The number of likely N-dealkylation sites (N-methyl/N-ethyl adjacent to an activating group) is 1. The molecule has 1 N–H and O–H groups in total. The molecule has 11 heteroatoms. The number of carbonyl (C=O) groups excluding carboxylic acids is 4. The van der Waals surface area contributed by atoms with Crippen molar-refractivity contribution in [2.45, 2.75) is 69.5 Å². The number of likely N-dealkylation sites (tertiary alicyclic amines) is 1. The minimum atomic E-state index is -1.52. The molecule has 0 unspecified atom stereocenters. The Morgan fingerprint density at radius 1 is 0.923 bits per heavy atom. The molecule has 7 rings (SSSR count). The van der Waals surface area contributed by atoms with Gasteiger partial charge in [0.25, 0.3) is 5.91 Å². The highest BCUT2D eigenvalue weighted by Crippen LogP contribution is 2.59. The summed E-state index contributed by atoms with van der Waals surface area (Å²) in [5, 5.41) is 12.7. The fraction of sp³-hybridized carbons (Fsp3) is 0.415. The third kappa shape index (κ3) is 5.96. The number of anilines is 1. The van der Waals surface area contributed by atoms with Gasteiger partial charge in [0.15, 0.2) is 0 Å². The van der Waals surface area contributed by atoms with E-state index in [0.717, 1.165) is 10.8 Å². The molecule has 0 radical (unpaired) electrons. The summed E-state index contributed by atoms with van der Waals surface area (Å²) in [6, 6.07) is 20.4. The fourth-order valence-corrected chi connectivity index (χ4v) is 9.14. The van der Waals surface area contributed by atoms with Gasteiger partial charge in [0.2, 0.25) is 11.8 Å². The van der Waals surface area contributed by atoms with Crippen molar-refractivity contribution in [3.63, 3.8) is 0 Å². The standard InChI is InChI=1S/C41H44BrN3O7/c1-24(2)31(23-46)45-37-39(49)44(29-19-18-26-13-10-11-16-28(26)21-29)20-12-6-9-17-32(47)43(4)25(3)35(27-14-7-5-8-15-27)51-40(50)33-34(38(45)48)41(37)22-30(42)36(33)52-41/h5-8,10-16,18-19,21-22,24-25,31,33-37,46H,9,17,20,23H2,1-4H3/b12-6-/t25-,31-,33+,34-,35+,36+,37+,41-/m0/s1. The largest absolute Gasteiger partial charge is 0.455 e. The number of halogens is 1. The van der Waals surface area contributed by atoms with Gasteiger partial charge in [-0.15, -0.1) is 0 Å². The summed E-state index contributed by atoms with van der Waals surface area (Å²) in [7, 11) is 1.70. The van der Waals surface area contributed by atoms with Crippen LogP contribution in [-0.2, 0) is 28.7 Å². The first-order chi connectivity index (χ1) is 25.0. The van der Waals surface area contributed by atoms with Gasteiger partial charge < -0.3 is 29.3 Å². The topological polar surface area (TPSA) is 117 Å². The van der Waals surface area contributed by atoms with Crippen LogP contribution in [0.2, 0.25) is 0 Å². The van der Waals surface area contributed by atoms with E-state index >= 15 is 4.79 Å². The number of amides is 3. The van der Waals surface area contributed by atoms with Crippen LogP contribution in [0, 0.1) is 17.8 Å². The average molecular weight is 771 g/mol. The summed E-state index contributed by atoms with van der Waals surface area (Å²) < 4.78 is 13.6. The summed E-state index contributed by atoms with van der Waals surface area (Å²) in [5.41, 5.74) is -0.199. The van der Waals surface area contributed by atoms with E-state index in [1.807, 2.05) is 106 Å². The number of aliphatic hydroxyl groups excluding tert-OH is 1. The molecule has 5 bridgehead atoms. The van der Waals surface area contributed by atoms with E-state index in [9.17, 15) is 19.5 Å². The molecule has 3 aromatic carbocycles. The molecule has 2 fully saturated rings. The molecule has 4 aliphatic heterocycles. The van der Waals surface area contributed by atoms with Crippen LogP contribution in [0.25, 0.3) is 10.8 Å². The second-order valence-corrected chi connectivity index (χ2v) is 15.5. The second-order valence-electron chi connectivity index (χ2n) is 14.6. The van der Waals surface area contributed by atoms with Gasteiger partial charge in [0.05, 0.1) is 24.6 Å². The smallest absolute Gasteiger partial charge is 0.313 e. The molecular weight excluding hydrogens is 726 g/mol. The summed E-state index contributed by atoms with van der Waals surface area (Å²) >= 11 is 3.64. The molecule has 3 aromatic rings. The van der Waals surface area contributed by atoms with Crippen molar-refractivity contribution in [3.05, 3.63) is 101 Å². The number of hydrogen-bond acceptors (Lipinski definition) is 7. The quantitative estimate of drug-likeness (QED) is 0.268. The van der Waals surface area contributed by atoms with Crippen LogP contribution >= 0.6 is 15.9 Å². The fourth-order valence-electron chi connectivity index (χ4n) is 8.40. The van der Waals surface area contributed by atoms with E-state index in [1.165, 1.54) is 4.90 Å². The third-order valence-corrected chi connectivity index (χ3v) is 12.0. The number of fused-ring (bicyclic) bond motifs is 3. The van der Waals surface area contributed by atoms with Crippen LogP contribution in [0.5, 0.6) is 0 Å². The molecule has 0 aliphatic carbocycles. The van der Waals surface area contributed by atoms with Crippen molar-refractivity contribution in [2.75, 3.05) is 25.1 Å². The van der Waals surface area contributed by atoms with Crippen LogP contribution in [0.4, 0.5) is 5.69 Å². The molecule has 8 atom stereocenters. The van der Waals surface area contributed by atoms with Crippen molar-refractivity contribution in [3.8, 4) is 0 Å². The van der Waals surface area contributed by atoms with Crippen molar-refractivity contribution in [1.82, 2.24) is 9.80 Å². The van der Waals surface area contributed by atoms with E-state index in [-0.39, 0.29) is 31.4 Å². The molecule has 3 amide bonds. The predicted molar refractivity (Wildman–Crippen MR) is 200 cm³/mol. The zero-order valence-corrected chi connectivity index (χ0v) is 31.3. The maximum Gasteiger partial charge on any atom is 0.313 e. The van der Waals surface area contributed by atoms with Crippen molar-refractivity contribution < 1.29 is 33.8 Å². The first kappa shape index (κ1) is 36.1. The van der Waals surface area contributed by atoms with E-state index in [1.54, 1.807) is 22.9 Å². The SMILES string of the molecule is CC(C)[C@H](CO)N1C(=O)[C@@H]2[C@H]3C(=O)O[C@@H](c4ccccc4)[C@H](C)N(C)C(=O)CC/C=C\CN(c4ccc5ccccc5c4)C(=O)[C@@H]1[C@]21C=C(Br)[C@H]3O1. The van der Waals surface area contributed by atoms with Gasteiger partial charge in [0.1, 0.15) is 29.8 Å². The molecule has 52 heavy (non-hydrogen) atoms. The lowest BCUT2D eigenvalue weighted by atomic mass is 9.74. The highest BCUT2D eigenvalue weighted by atomic mass is 79.9. The number of allylic oxidation sites excluding steroid dienone is 1. The molecule has 4 aliphatic rings. The Morgan fingerprint density at radius 3 is 2.35 bits per heavy atom. The Labute approximate surface area is 312 Å². The van der Waals surface area contributed by atoms with Gasteiger partial charge in [-0.25, -0.2) is 0 Å². The molecule has 0 saturated carbocycles. The van der Waals surface area contributed by atoms with Gasteiger partial charge in [-0.05, 0) is 53.8 Å². The van der Waals surface area contributed by atoms with Gasteiger partial charge in [0, 0.05) is 30.2 Å². The van der Waals surface area contributed by atoms with E-state index in [4.69, 9.17) is 9.47 Å². The van der Waals surface area contributed by atoms with Crippen LogP contribution in [-0.4, -0.2) is 88.6 Å².